The fourth-order valence-electron chi connectivity index (χ4n) is 1.20. The molecule has 0 saturated carbocycles. The molecule has 0 saturated heterocycles. The fourth-order valence-corrected chi connectivity index (χ4v) is 3.43. The molecular formula is C10H14ClO5PS2. The molecule has 9 heteroatoms. The van der Waals surface area contributed by atoms with Crippen molar-refractivity contribution in [2.24, 2.45) is 0 Å². The van der Waals surface area contributed by atoms with Crippen molar-refractivity contribution < 1.29 is 22.7 Å². The van der Waals surface area contributed by atoms with E-state index in [0.717, 1.165) is 0 Å². The van der Waals surface area contributed by atoms with Crippen LogP contribution < -0.4 is 4.52 Å². The Balaban J connectivity index is 3.26. The van der Waals surface area contributed by atoms with Gasteiger partial charge in [0.25, 0.3) is 0 Å². The molecule has 1 aromatic carbocycles. The van der Waals surface area contributed by atoms with Gasteiger partial charge in [-0.25, -0.2) is 8.42 Å². The van der Waals surface area contributed by atoms with Crippen LogP contribution in [0, 0.1) is 0 Å². The van der Waals surface area contributed by atoms with Crippen LogP contribution in [0.4, 0.5) is 0 Å². The van der Waals surface area contributed by atoms with Crippen LogP contribution in [0.2, 0.25) is 5.02 Å². The third kappa shape index (κ3) is 4.15. The Kier molecular flexibility index (Phi) is 4.72. The lowest BCUT2D eigenvalue weighted by Gasteiger charge is -2.20. The van der Waals surface area contributed by atoms with Crippen LogP contribution in [0.3, 0.4) is 0 Å². The van der Waals surface area contributed by atoms with E-state index in [1.54, 1.807) is 20.8 Å². The first-order valence-corrected chi connectivity index (χ1v) is 9.62. The van der Waals surface area contributed by atoms with E-state index in [1.165, 1.54) is 18.2 Å². The highest BCUT2D eigenvalue weighted by atomic mass is 35.5. The minimum absolute atomic E-state index is 0.0292. The second-order valence-electron chi connectivity index (χ2n) is 4.79. The van der Waals surface area contributed by atoms with E-state index in [-0.39, 0.29) is 15.7 Å². The van der Waals surface area contributed by atoms with Crippen LogP contribution >= 0.6 is 18.3 Å². The number of benzene rings is 1. The molecule has 19 heavy (non-hydrogen) atoms. The van der Waals surface area contributed by atoms with E-state index in [4.69, 9.17) is 25.9 Å². The van der Waals surface area contributed by atoms with E-state index in [2.05, 4.69) is 11.8 Å². The summed E-state index contributed by atoms with van der Waals surface area (Å²) in [4.78, 5) is 18.1. The molecule has 0 aliphatic rings. The molecule has 0 atom stereocenters. The van der Waals surface area contributed by atoms with Gasteiger partial charge in [-0.3, -0.25) is 0 Å². The fraction of sp³-hybridized carbons (Fsp3) is 0.400. The van der Waals surface area contributed by atoms with Crippen molar-refractivity contribution in [2.75, 3.05) is 0 Å². The number of hydrogen-bond donors (Lipinski definition) is 2. The summed E-state index contributed by atoms with van der Waals surface area (Å²) in [5, 5.41) is -0.0531. The Morgan fingerprint density at radius 3 is 2.21 bits per heavy atom. The summed E-state index contributed by atoms with van der Waals surface area (Å²) in [6, 6.07) is 3.73. The molecule has 0 bridgehead atoms. The summed E-state index contributed by atoms with van der Waals surface area (Å²) < 4.78 is 28.1. The van der Waals surface area contributed by atoms with Gasteiger partial charge in [0.05, 0.1) is 14.7 Å². The van der Waals surface area contributed by atoms with Gasteiger partial charge in [0, 0.05) is 11.8 Å². The quantitative estimate of drug-likeness (QED) is 0.820. The lowest BCUT2D eigenvalue weighted by molar-refractivity contribution is 0.370. The van der Waals surface area contributed by atoms with Gasteiger partial charge < -0.3 is 14.3 Å². The molecule has 1 aromatic rings. The van der Waals surface area contributed by atoms with E-state index in [0.29, 0.717) is 0 Å². The summed E-state index contributed by atoms with van der Waals surface area (Å²) >= 11 is 10.2. The largest absolute Gasteiger partial charge is 0.423 e. The maximum atomic E-state index is 12.2. The third-order valence-electron chi connectivity index (χ3n) is 2.24. The zero-order valence-corrected chi connectivity index (χ0v) is 13.8. The van der Waals surface area contributed by atoms with Crippen molar-refractivity contribution in [3.05, 3.63) is 23.2 Å². The Morgan fingerprint density at radius 1 is 1.32 bits per heavy atom. The molecule has 2 N–H and O–H groups in total. The average molecular weight is 345 g/mol. The molecule has 0 unspecified atom stereocenters. The minimum Gasteiger partial charge on any atom is -0.423 e. The highest BCUT2D eigenvalue weighted by molar-refractivity contribution is 8.06. The van der Waals surface area contributed by atoms with Crippen LogP contribution in [0.1, 0.15) is 20.8 Å². The van der Waals surface area contributed by atoms with E-state index in [9.17, 15) is 8.42 Å². The standard InChI is InChI=1S/C10H14ClO5PS2/c1-10(2,3)19(14,15)7-4-5-9(8(11)6-7)16-17(12,13)18/h4-6H,1-3H3,(H2,12,13,18). The van der Waals surface area contributed by atoms with Crippen LogP contribution in [0.5, 0.6) is 5.75 Å². The Labute approximate surface area is 122 Å². The van der Waals surface area contributed by atoms with Gasteiger partial charge in [-0.05, 0) is 39.0 Å². The lowest BCUT2D eigenvalue weighted by atomic mass is 10.3. The van der Waals surface area contributed by atoms with Gasteiger partial charge in [0.1, 0.15) is 5.75 Å². The molecule has 108 valence electrons. The van der Waals surface area contributed by atoms with Crippen LogP contribution in [-0.4, -0.2) is 23.0 Å². The first-order valence-electron chi connectivity index (χ1n) is 5.14. The van der Waals surface area contributed by atoms with Crippen molar-refractivity contribution in [2.45, 2.75) is 30.4 Å². The van der Waals surface area contributed by atoms with Crippen molar-refractivity contribution in [3.63, 3.8) is 0 Å². The van der Waals surface area contributed by atoms with Gasteiger partial charge in [0.2, 0.25) is 0 Å². The monoisotopic (exact) mass is 344 g/mol. The van der Waals surface area contributed by atoms with Gasteiger partial charge in [-0.1, -0.05) is 11.6 Å². The Bertz CT molecular complexity index is 630. The Morgan fingerprint density at radius 2 is 1.84 bits per heavy atom. The smallest absolute Gasteiger partial charge is 0.375 e. The van der Waals surface area contributed by atoms with Crippen molar-refractivity contribution in [3.8, 4) is 5.75 Å². The Hall–Kier alpha value is -0.170. The summed E-state index contributed by atoms with van der Waals surface area (Å²) in [7, 11) is -3.54. The van der Waals surface area contributed by atoms with Crippen LogP contribution in [-0.2, 0) is 21.6 Å². The van der Waals surface area contributed by atoms with Gasteiger partial charge >= 0.3 is 6.72 Å². The topological polar surface area (TPSA) is 83.8 Å². The van der Waals surface area contributed by atoms with E-state index in [1.807, 2.05) is 0 Å². The molecule has 0 radical (unpaired) electrons. The molecule has 5 nitrogen and oxygen atoms in total. The first kappa shape index (κ1) is 16.9. The highest BCUT2D eigenvalue weighted by Crippen LogP contribution is 2.42. The minimum atomic E-state index is -3.90. The molecule has 0 aliphatic heterocycles. The maximum absolute atomic E-state index is 12.2. The second-order valence-corrected chi connectivity index (χ2v) is 10.5. The van der Waals surface area contributed by atoms with Crippen molar-refractivity contribution in [1.82, 2.24) is 0 Å². The summed E-state index contributed by atoms with van der Waals surface area (Å²) in [5.41, 5.74) is 0. The lowest BCUT2D eigenvalue weighted by Crippen LogP contribution is -2.27. The summed E-state index contributed by atoms with van der Waals surface area (Å²) in [6.07, 6.45) is 0. The maximum Gasteiger partial charge on any atom is 0.375 e. The zero-order chi connectivity index (χ0) is 15.1. The predicted molar refractivity (Wildman–Crippen MR) is 77.7 cm³/mol. The zero-order valence-electron chi connectivity index (χ0n) is 10.5. The molecule has 0 spiro atoms. The van der Waals surface area contributed by atoms with Gasteiger partial charge in [-0.2, -0.15) is 0 Å². The number of sulfone groups is 1. The molecule has 1 rings (SSSR count). The SMILES string of the molecule is CC(C)(C)S(=O)(=O)c1ccc(OP(O)(O)=S)c(Cl)c1. The van der Waals surface area contributed by atoms with E-state index < -0.39 is 21.3 Å². The van der Waals surface area contributed by atoms with Crippen molar-refractivity contribution in [1.29, 1.82) is 0 Å². The van der Waals surface area contributed by atoms with Crippen LogP contribution in [0.25, 0.3) is 0 Å². The highest BCUT2D eigenvalue weighted by Gasteiger charge is 2.31. The second kappa shape index (κ2) is 5.31. The normalized spacial score (nSPS) is 13.4. The molecular weight excluding hydrogens is 331 g/mol. The summed E-state index contributed by atoms with van der Waals surface area (Å²) in [5.74, 6) is -0.0668. The molecule has 0 fully saturated rings. The van der Waals surface area contributed by atoms with Gasteiger partial charge in [-0.15, -0.1) is 0 Å². The predicted octanol–water partition coefficient (Wildman–Crippen LogP) is 2.50. The molecule has 0 aromatic heterocycles. The number of rotatable bonds is 3. The van der Waals surface area contributed by atoms with Crippen molar-refractivity contribution >= 4 is 40.0 Å². The number of halogens is 1. The van der Waals surface area contributed by atoms with Crippen LogP contribution in [0.15, 0.2) is 23.1 Å². The third-order valence-corrected chi connectivity index (χ3v) is 5.68. The average Bonchev–Trinajstić information content (AvgIpc) is 2.17. The van der Waals surface area contributed by atoms with E-state index >= 15 is 0 Å². The molecule has 0 amide bonds. The summed E-state index contributed by atoms with van der Waals surface area (Å²) in [6.45, 7) is 0.811. The number of hydrogen-bond acceptors (Lipinski definition) is 4. The molecule has 0 heterocycles. The van der Waals surface area contributed by atoms with Gasteiger partial charge in [0.15, 0.2) is 9.84 Å². The molecule has 0 aliphatic carbocycles. The first-order chi connectivity index (χ1) is 8.34.